The fraction of sp³-hybridized carbons (Fsp3) is 0.400. The Morgan fingerprint density at radius 2 is 2.12 bits per heavy atom. The van der Waals surface area contributed by atoms with E-state index in [2.05, 4.69) is 11.9 Å². The lowest BCUT2D eigenvalue weighted by Crippen LogP contribution is -2.37. The number of carbonyl (C=O) groups is 1. The van der Waals surface area contributed by atoms with E-state index in [1.165, 1.54) is 12.8 Å². The number of hydrogen-bond donors (Lipinski definition) is 0. The number of rotatable bonds is 5. The molecule has 1 aliphatic carbocycles. The first-order valence-electron chi connectivity index (χ1n) is 8.66. The van der Waals surface area contributed by atoms with E-state index in [-0.39, 0.29) is 5.91 Å². The first-order valence-corrected chi connectivity index (χ1v) is 9.04. The van der Waals surface area contributed by atoms with Crippen LogP contribution in [-0.2, 0) is 17.8 Å². The largest absolute Gasteiger partial charge is 0.376 e. The third-order valence-corrected chi connectivity index (χ3v) is 5.30. The molecule has 0 unspecified atom stereocenters. The summed E-state index contributed by atoms with van der Waals surface area (Å²) in [6.45, 7) is 4.20. The fourth-order valence-corrected chi connectivity index (χ4v) is 3.37. The van der Waals surface area contributed by atoms with Crippen LogP contribution in [0, 0.1) is 5.41 Å². The van der Waals surface area contributed by atoms with Crippen molar-refractivity contribution in [1.82, 2.24) is 4.98 Å². The average molecular weight is 357 g/mol. The maximum Gasteiger partial charge on any atom is 0.258 e. The van der Waals surface area contributed by atoms with E-state index < -0.39 is 0 Å². The molecule has 0 saturated heterocycles. The molecule has 1 aliphatic heterocycles. The molecule has 5 heteroatoms. The third-order valence-electron chi connectivity index (χ3n) is 5.06. The topological polar surface area (TPSA) is 42.4 Å². The summed E-state index contributed by atoms with van der Waals surface area (Å²) >= 11 is 6.03. The summed E-state index contributed by atoms with van der Waals surface area (Å²) in [5, 5.41) is 0.671. The summed E-state index contributed by atoms with van der Waals surface area (Å²) in [6, 6.07) is 7.46. The molecule has 4 rings (SSSR count). The second kappa shape index (κ2) is 6.43. The number of anilines is 1. The van der Waals surface area contributed by atoms with Crippen LogP contribution in [0.25, 0.3) is 0 Å². The molecule has 0 spiro atoms. The minimum Gasteiger partial charge on any atom is -0.376 e. The van der Waals surface area contributed by atoms with Crippen molar-refractivity contribution in [3.8, 4) is 0 Å². The van der Waals surface area contributed by atoms with E-state index in [4.69, 9.17) is 16.3 Å². The van der Waals surface area contributed by atoms with Gasteiger partial charge in [-0.15, -0.1) is 0 Å². The summed E-state index contributed by atoms with van der Waals surface area (Å²) in [5.74, 6) is 0.00303. The summed E-state index contributed by atoms with van der Waals surface area (Å²) < 4.78 is 5.83. The maximum atomic E-state index is 12.8. The van der Waals surface area contributed by atoms with Crippen LogP contribution in [0.3, 0.4) is 0 Å². The Bertz CT molecular complexity index is 817. The van der Waals surface area contributed by atoms with Crippen LogP contribution in [-0.4, -0.2) is 24.0 Å². The van der Waals surface area contributed by atoms with Crippen molar-refractivity contribution in [2.45, 2.75) is 32.8 Å². The first-order chi connectivity index (χ1) is 12.0. The van der Waals surface area contributed by atoms with Gasteiger partial charge in [-0.05, 0) is 60.1 Å². The monoisotopic (exact) mass is 356 g/mol. The molecule has 2 aliphatic rings. The van der Waals surface area contributed by atoms with Gasteiger partial charge in [0.25, 0.3) is 5.91 Å². The Morgan fingerprint density at radius 1 is 1.28 bits per heavy atom. The van der Waals surface area contributed by atoms with Gasteiger partial charge in [-0.2, -0.15) is 0 Å². The van der Waals surface area contributed by atoms with E-state index in [1.807, 2.05) is 18.2 Å². The van der Waals surface area contributed by atoms with Crippen molar-refractivity contribution in [3.05, 3.63) is 58.4 Å². The Labute approximate surface area is 152 Å². The first kappa shape index (κ1) is 16.6. The van der Waals surface area contributed by atoms with Gasteiger partial charge in [0.2, 0.25) is 0 Å². The van der Waals surface area contributed by atoms with E-state index in [0.717, 1.165) is 35.4 Å². The van der Waals surface area contributed by atoms with Gasteiger partial charge in [0, 0.05) is 23.3 Å². The second-order valence-corrected chi connectivity index (χ2v) is 7.80. The van der Waals surface area contributed by atoms with E-state index in [0.29, 0.717) is 23.6 Å². The second-order valence-electron chi connectivity index (χ2n) is 7.36. The van der Waals surface area contributed by atoms with Gasteiger partial charge >= 0.3 is 0 Å². The number of nitrogens with zero attached hydrogens (tertiary/aromatic N) is 2. The Hall–Kier alpha value is -1.91. The van der Waals surface area contributed by atoms with Gasteiger partial charge in [0.1, 0.15) is 0 Å². The molecular weight excluding hydrogens is 336 g/mol. The van der Waals surface area contributed by atoms with Crippen molar-refractivity contribution in [2.24, 2.45) is 5.41 Å². The van der Waals surface area contributed by atoms with Crippen LogP contribution >= 0.6 is 11.6 Å². The minimum absolute atomic E-state index is 0.00303. The number of amides is 1. The fourth-order valence-electron chi connectivity index (χ4n) is 3.18. The highest BCUT2D eigenvalue weighted by atomic mass is 35.5. The van der Waals surface area contributed by atoms with Crippen molar-refractivity contribution in [2.75, 3.05) is 18.1 Å². The molecule has 1 saturated carbocycles. The predicted molar refractivity (Wildman–Crippen MR) is 98.1 cm³/mol. The lowest BCUT2D eigenvalue weighted by atomic mass is 9.98. The number of ether oxygens (including phenoxy) is 1. The lowest BCUT2D eigenvalue weighted by molar-refractivity contribution is 0.0840. The summed E-state index contributed by atoms with van der Waals surface area (Å²) in [6.07, 6.45) is 6.83. The lowest BCUT2D eigenvalue weighted by Gasteiger charge is -2.28. The maximum absolute atomic E-state index is 12.8. The van der Waals surface area contributed by atoms with Crippen molar-refractivity contribution >= 4 is 23.2 Å². The van der Waals surface area contributed by atoms with Crippen LogP contribution in [0.4, 0.5) is 5.69 Å². The standard InChI is InChI=1S/C20H21ClN2O2/c1-20(5-6-20)13-25-12-14-8-17(11-22-10-14)23-7-4-15-9-16(21)2-3-18(15)19(23)24/h2-3,8-11H,4-7,12-13H2,1H3. The smallest absolute Gasteiger partial charge is 0.258 e. The van der Waals surface area contributed by atoms with Crippen molar-refractivity contribution in [1.29, 1.82) is 0 Å². The average Bonchev–Trinajstić information content (AvgIpc) is 3.33. The molecular formula is C20H21ClN2O2. The Balaban J connectivity index is 1.49. The van der Waals surface area contributed by atoms with Crippen LogP contribution in [0.5, 0.6) is 0 Å². The van der Waals surface area contributed by atoms with Gasteiger partial charge in [0.05, 0.1) is 25.1 Å². The minimum atomic E-state index is 0.00303. The molecule has 4 nitrogen and oxygen atoms in total. The van der Waals surface area contributed by atoms with Crippen LogP contribution in [0.1, 0.15) is 41.3 Å². The highest BCUT2D eigenvalue weighted by Crippen LogP contribution is 2.45. The van der Waals surface area contributed by atoms with E-state index in [9.17, 15) is 4.79 Å². The number of carbonyl (C=O) groups excluding carboxylic acids is 1. The molecule has 0 N–H and O–H groups in total. The summed E-state index contributed by atoms with van der Waals surface area (Å²) in [5.41, 5.74) is 3.93. The molecule has 2 aromatic rings. The molecule has 25 heavy (non-hydrogen) atoms. The molecule has 1 fully saturated rings. The Morgan fingerprint density at radius 3 is 2.92 bits per heavy atom. The van der Waals surface area contributed by atoms with Crippen molar-refractivity contribution in [3.63, 3.8) is 0 Å². The number of halogens is 1. The molecule has 2 heterocycles. The van der Waals surface area contributed by atoms with Gasteiger partial charge in [-0.3, -0.25) is 9.78 Å². The number of fused-ring (bicyclic) bond motifs is 1. The SMILES string of the molecule is CC1(COCc2cncc(N3CCc4cc(Cl)ccc4C3=O)c2)CC1. The van der Waals surface area contributed by atoms with Crippen LogP contribution in [0.15, 0.2) is 36.7 Å². The number of hydrogen-bond acceptors (Lipinski definition) is 3. The van der Waals surface area contributed by atoms with Gasteiger partial charge < -0.3 is 9.64 Å². The van der Waals surface area contributed by atoms with E-state index >= 15 is 0 Å². The summed E-state index contributed by atoms with van der Waals surface area (Å²) in [7, 11) is 0. The molecule has 130 valence electrons. The predicted octanol–water partition coefficient (Wildman–Crippen LogP) is 4.25. The third kappa shape index (κ3) is 3.55. The molecule has 0 radical (unpaired) electrons. The Kier molecular flexibility index (Phi) is 4.26. The quantitative estimate of drug-likeness (QED) is 0.804. The summed E-state index contributed by atoms with van der Waals surface area (Å²) in [4.78, 5) is 18.9. The van der Waals surface area contributed by atoms with Gasteiger partial charge in [-0.25, -0.2) is 0 Å². The number of aromatic nitrogens is 1. The van der Waals surface area contributed by atoms with Crippen molar-refractivity contribution < 1.29 is 9.53 Å². The highest BCUT2D eigenvalue weighted by Gasteiger charge is 2.37. The number of pyridine rings is 1. The molecule has 1 amide bonds. The molecule has 0 atom stereocenters. The molecule has 0 bridgehead atoms. The van der Waals surface area contributed by atoms with E-state index in [1.54, 1.807) is 23.4 Å². The normalized spacial score (nSPS) is 18.2. The zero-order valence-electron chi connectivity index (χ0n) is 14.3. The zero-order valence-corrected chi connectivity index (χ0v) is 15.1. The molecule has 1 aromatic carbocycles. The number of benzene rings is 1. The zero-order chi connectivity index (χ0) is 17.4. The van der Waals surface area contributed by atoms with Gasteiger partial charge in [-0.1, -0.05) is 18.5 Å². The highest BCUT2D eigenvalue weighted by molar-refractivity contribution is 6.30. The van der Waals surface area contributed by atoms with Crippen LogP contribution < -0.4 is 4.90 Å². The van der Waals surface area contributed by atoms with Crippen LogP contribution in [0.2, 0.25) is 5.02 Å². The molecule has 1 aromatic heterocycles. The van der Waals surface area contributed by atoms with Gasteiger partial charge in [0.15, 0.2) is 0 Å².